The van der Waals surface area contributed by atoms with Crippen LogP contribution in [0.1, 0.15) is 19.0 Å². The number of sulfonamides is 1. The number of aromatic nitrogens is 1. The molecule has 19 heavy (non-hydrogen) atoms. The number of rotatable bonds is 6. The maximum Gasteiger partial charge on any atom is 0.243 e. The van der Waals surface area contributed by atoms with Crippen LogP contribution in [0.25, 0.3) is 0 Å². The van der Waals surface area contributed by atoms with Gasteiger partial charge in [0.25, 0.3) is 0 Å². The molecule has 0 saturated heterocycles. The van der Waals surface area contributed by atoms with E-state index in [2.05, 4.69) is 9.71 Å². The van der Waals surface area contributed by atoms with E-state index in [4.69, 9.17) is 5.26 Å². The molecule has 104 valence electrons. The molecule has 2 atom stereocenters. The first kappa shape index (κ1) is 15.8. The van der Waals surface area contributed by atoms with E-state index < -0.39 is 20.8 Å². The van der Waals surface area contributed by atoms with Crippen molar-refractivity contribution in [1.29, 1.82) is 5.26 Å². The second kappa shape index (κ2) is 6.75. The molecule has 0 saturated carbocycles. The maximum absolute atomic E-state index is 12.0. The largest absolute Gasteiger partial charge is 0.260 e. The molecule has 0 radical (unpaired) electrons. The minimum Gasteiger partial charge on any atom is -0.260 e. The lowest BCUT2D eigenvalue weighted by Crippen LogP contribution is -2.28. The second-order valence-corrected chi connectivity index (χ2v) is 7.49. The van der Waals surface area contributed by atoms with E-state index in [1.54, 1.807) is 19.2 Å². The molecule has 1 N–H and O–H groups in total. The first-order valence-electron chi connectivity index (χ1n) is 5.55. The molecule has 0 amide bonds. The SMILES string of the molecule is CC(CCNS(=O)(=O)c1cccnc1C#N)S(C)=O. The average Bonchev–Trinajstić information content (AvgIpc) is 2.38. The van der Waals surface area contributed by atoms with Gasteiger partial charge in [-0.05, 0) is 18.6 Å². The smallest absolute Gasteiger partial charge is 0.243 e. The Balaban J connectivity index is 2.77. The summed E-state index contributed by atoms with van der Waals surface area (Å²) in [4.78, 5) is 3.57. The van der Waals surface area contributed by atoms with Crippen molar-refractivity contribution in [2.75, 3.05) is 12.8 Å². The fourth-order valence-corrected chi connectivity index (χ4v) is 2.93. The van der Waals surface area contributed by atoms with Crippen LogP contribution in [0.5, 0.6) is 0 Å². The number of hydrogen-bond acceptors (Lipinski definition) is 5. The Kier molecular flexibility index (Phi) is 5.60. The number of pyridine rings is 1. The van der Waals surface area contributed by atoms with E-state index in [0.717, 1.165) is 0 Å². The van der Waals surface area contributed by atoms with Gasteiger partial charge in [-0.2, -0.15) is 5.26 Å². The van der Waals surface area contributed by atoms with Gasteiger partial charge in [0.1, 0.15) is 11.0 Å². The van der Waals surface area contributed by atoms with E-state index in [1.807, 2.05) is 0 Å². The van der Waals surface area contributed by atoms with Crippen LogP contribution in [-0.2, 0) is 20.8 Å². The highest BCUT2D eigenvalue weighted by molar-refractivity contribution is 7.89. The van der Waals surface area contributed by atoms with Gasteiger partial charge in [0.05, 0.1) is 0 Å². The summed E-state index contributed by atoms with van der Waals surface area (Å²) in [7, 11) is -4.75. The zero-order valence-electron chi connectivity index (χ0n) is 10.7. The number of nitriles is 1. The van der Waals surface area contributed by atoms with Crippen LogP contribution >= 0.6 is 0 Å². The summed E-state index contributed by atoms with van der Waals surface area (Å²) in [5.74, 6) is 0. The Labute approximate surface area is 115 Å². The van der Waals surface area contributed by atoms with E-state index in [0.29, 0.717) is 6.42 Å². The fourth-order valence-electron chi connectivity index (χ4n) is 1.33. The summed E-state index contributed by atoms with van der Waals surface area (Å²) in [6.07, 6.45) is 3.40. The third-order valence-corrected chi connectivity index (χ3v) is 5.44. The van der Waals surface area contributed by atoms with Gasteiger partial charge in [0.2, 0.25) is 10.0 Å². The molecule has 2 unspecified atom stereocenters. The van der Waals surface area contributed by atoms with Crippen molar-refractivity contribution in [3.05, 3.63) is 24.0 Å². The first-order valence-corrected chi connectivity index (χ1v) is 8.66. The normalized spacial score (nSPS) is 14.6. The van der Waals surface area contributed by atoms with Crippen LogP contribution in [0.4, 0.5) is 0 Å². The molecule has 0 fully saturated rings. The molecule has 0 aliphatic rings. The van der Waals surface area contributed by atoms with Gasteiger partial charge >= 0.3 is 0 Å². The van der Waals surface area contributed by atoms with E-state index >= 15 is 0 Å². The van der Waals surface area contributed by atoms with Crippen molar-refractivity contribution >= 4 is 20.8 Å². The molecule has 1 heterocycles. The van der Waals surface area contributed by atoms with Gasteiger partial charge in [-0.25, -0.2) is 18.1 Å². The minimum atomic E-state index is -3.76. The van der Waals surface area contributed by atoms with E-state index in [-0.39, 0.29) is 22.4 Å². The maximum atomic E-state index is 12.0. The summed E-state index contributed by atoms with van der Waals surface area (Å²) in [6.45, 7) is 1.96. The summed E-state index contributed by atoms with van der Waals surface area (Å²) in [5, 5.41) is 8.73. The molecular formula is C11H15N3O3S2. The van der Waals surface area contributed by atoms with Gasteiger partial charge < -0.3 is 0 Å². The molecule has 6 nitrogen and oxygen atoms in total. The van der Waals surface area contributed by atoms with Gasteiger partial charge in [-0.15, -0.1) is 0 Å². The van der Waals surface area contributed by atoms with Crippen LogP contribution in [0.3, 0.4) is 0 Å². The molecule has 1 rings (SSSR count). The summed E-state index contributed by atoms with van der Waals surface area (Å²) in [6, 6.07) is 4.53. The molecule has 0 aliphatic heterocycles. The van der Waals surface area contributed by atoms with Crippen LogP contribution in [0, 0.1) is 11.3 Å². The highest BCUT2D eigenvalue weighted by Crippen LogP contribution is 2.11. The van der Waals surface area contributed by atoms with E-state index in [9.17, 15) is 12.6 Å². The van der Waals surface area contributed by atoms with E-state index in [1.165, 1.54) is 18.3 Å². The van der Waals surface area contributed by atoms with Crippen molar-refractivity contribution in [1.82, 2.24) is 9.71 Å². The molecule has 8 heteroatoms. The van der Waals surface area contributed by atoms with Crippen molar-refractivity contribution < 1.29 is 12.6 Å². The van der Waals surface area contributed by atoms with Crippen molar-refractivity contribution in [2.24, 2.45) is 0 Å². The molecule has 1 aromatic rings. The van der Waals surface area contributed by atoms with Crippen molar-refractivity contribution in [3.63, 3.8) is 0 Å². The van der Waals surface area contributed by atoms with Crippen molar-refractivity contribution in [3.8, 4) is 6.07 Å². The Morgan fingerprint density at radius 3 is 2.84 bits per heavy atom. The monoisotopic (exact) mass is 301 g/mol. The second-order valence-electron chi connectivity index (χ2n) is 3.96. The summed E-state index contributed by atoms with van der Waals surface area (Å²) in [5.41, 5.74) is -0.137. The third-order valence-electron chi connectivity index (χ3n) is 2.58. The Bertz CT molecular complexity index is 608. The Hall–Kier alpha value is -1.30. The van der Waals surface area contributed by atoms with Gasteiger partial charge in [0, 0.05) is 35.0 Å². The molecule has 0 spiro atoms. The Morgan fingerprint density at radius 2 is 2.26 bits per heavy atom. The predicted octanol–water partition coefficient (Wildman–Crippen LogP) is 0.389. The lowest BCUT2D eigenvalue weighted by Gasteiger charge is -2.10. The van der Waals surface area contributed by atoms with Crippen LogP contribution < -0.4 is 4.72 Å². The number of nitrogens with zero attached hydrogens (tertiary/aromatic N) is 2. The molecule has 0 bridgehead atoms. The molecule has 1 aromatic heterocycles. The standard InChI is InChI=1S/C11H15N3O3S2/c1-9(18(2)15)5-7-14-19(16,17)11-4-3-6-13-10(11)8-12/h3-4,6,9,14H,5,7H2,1-2H3. The molecule has 0 aliphatic carbocycles. The topological polar surface area (TPSA) is 99.9 Å². The minimum absolute atomic E-state index is 0.0907. The van der Waals surface area contributed by atoms with Crippen molar-refractivity contribution in [2.45, 2.75) is 23.5 Å². The molecule has 0 aromatic carbocycles. The fraction of sp³-hybridized carbons (Fsp3) is 0.455. The van der Waals surface area contributed by atoms with Crippen LogP contribution in [-0.4, -0.2) is 35.7 Å². The summed E-state index contributed by atoms with van der Waals surface area (Å²) < 4.78 is 37.5. The molecular weight excluding hydrogens is 286 g/mol. The highest BCUT2D eigenvalue weighted by Gasteiger charge is 2.19. The lowest BCUT2D eigenvalue weighted by atomic mass is 10.3. The first-order chi connectivity index (χ1) is 8.88. The van der Waals surface area contributed by atoms with Gasteiger partial charge in [-0.3, -0.25) is 4.21 Å². The van der Waals surface area contributed by atoms with Gasteiger partial charge in [-0.1, -0.05) is 6.92 Å². The van der Waals surface area contributed by atoms with Crippen LogP contribution in [0.15, 0.2) is 23.2 Å². The van der Waals surface area contributed by atoms with Gasteiger partial charge in [0.15, 0.2) is 5.69 Å². The van der Waals surface area contributed by atoms with Crippen LogP contribution in [0.2, 0.25) is 0 Å². The number of hydrogen-bond donors (Lipinski definition) is 1. The lowest BCUT2D eigenvalue weighted by molar-refractivity contribution is 0.577. The quantitative estimate of drug-likeness (QED) is 0.819. The summed E-state index contributed by atoms with van der Waals surface area (Å²) >= 11 is 0. The highest BCUT2D eigenvalue weighted by atomic mass is 32.2. The zero-order valence-corrected chi connectivity index (χ0v) is 12.3. The Morgan fingerprint density at radius 1 is 1.58 bits per heavy atom. The zero-order chi connectivity index (χ0) is 14.5. The average molecular weight is 301 g/mol. The number of nitrogens with one attached hydrogen (secondary N) is 1. The third kappa shape index (κ3) is 4.38. The predicted molar refractivity (Wildman–Crippen MR) is 72.3 cm³/mol.